The lowest BCUT2D eigenvalue weighted by molar-refractivity contribution is -0.110. The number of amides is 1. The Bertz CT molecular complexity index is 1020. The first-order valence-electron chi connectivity index (χ1n) is 7.77. The summed E-state index contributed by atoms with van der Waals surface area (Å²) in [5, 5.41) is 12.1. The number of fused-ring (bicyclic) bond motifs is 1. The van der Waals surface area contributed by atoms with Gasteiger partial charge in [0.25, 0.3) is 5.91 Å². The van der Waals surface area contributed by atoms with Crippen molar-refractivity contribution in [2.75, 3.05) is 5.32 Å². The number of carboxylic acids is 1. The molecule has 0 spiro atoms. The van der Waals surface area contributed by atoms with Crippen molar-refractivity contribution < 1.29 is 14.7 Å². The van der Waals surface area contributed by atoms with Crippen molar-refractivity contribution in [1.29, 1.82) is 0 Å². The maximum absolute atomic E-state index is 12.4. The minimum Gasteiger partial charge on any atom is -0.478 e. The lowest BCUT2D eigenvalue weighted by atomic mass is 9.93. The van der Waals surface area contributed by atoms with E-state index >= 15 is 0 Å². The number of hydrogen-bond acceptors (Lipinski definition) is 2. The molecule has 0 unspecified atom stereocenters. The smallest absolute Gasteiger partial charge is 0.335 e. The molecule has 3 N–H and O–H groups in total. The van der Waals surface area contributed by atoms with Gasteiger partial charge in [0.1, 0.15) is 0 Å². The number of aromatic amines is 1. The van der Waals surface area contributed by atoms with Gasteiger partial charge in [-0.05, 0) is 47.5 Å². The highest BCUT2D eigenvalue weighted by Gasteiger charge is 2.27. The first kappa shape index (κ1) is 15.0. The normalized spacial score (nSPS) is 14.4. The van der Waals surface area contributed by atoms with Gasteiger partial charge in [-0.2, -0.15) is 0 Å². The summed E-state index contributed by atoms with van der Waals surface area (Å²) in [5.74, 6) is -1.16. The molecule has 4 rings (SSSR count). The number of aromatic nitrogens is 1. The fourth-order valence-corrected chi connectivity index (χ4v) is 3.04. The Balaban J connectivity index is 1.91. The van der Waals surface area contributed by atoms with Crippen molar-refractivity contribution in [3.05, 3.63) is 77.6 Å². The molecule has 2 aromatic carbocycles. The van der Waals surface area contributed by atoms with Crippen LogP contribution in [-0.2, 0) is 4.79 Å². The Labute approximate surface area is 143 Å². The third-order valence-corrected chi connectivity index (χ3v) is 4.17. The number of carboxylic acid groups (broad SMARTS) is 1. The summed E-state index contributed by atoms with van der Waals surface area (Å²) in [6.45, 7) is 0. The van der Waals surface area contributed by atoms with Crippen LogP contribution in [0.25, 0.3) is 22.8 Å². The number of hydrogen-bond donors (Lipinski definition) is 3. The van der Waals surface area contributed by atoms with Crippen LogP contribution < -0.4 is 5.32 Å². The maximum Gasteiger partial charge on any atom is 0.335 e. The molecule has 1 aliphatic rings. The average Bonchev–Trinajstić information content (AvgIpc) is 3.23. The highest BCUT2D eigenvalue weighted by atomic mass is 16.4. The Hall–Kier alpha value is -3.60. The molecule has 1 aliphatic heterocycles. The van der Waals surface area contributed by atoms with E-state index in [0.29, 0.717) is 5.57 Å². The lowest BCUT2D eigenvalue weighted by Crippen LogP contribution is -2.03. The highest BCUT2D eigenvalue weighted by molar-refractivity contribution is 6.36. The van der Waals surface area contributed by atoms with E-state index in [1.54, 1.807) is 30.5 Å². The standard InChI is InChI=1S/C20H14N2O3/c23-19-16(11-14-6-3-9-21-14)18-15(7-2-8-17(18)22-19)12-4-1-5-13(10-12)20(24)25/h1-11,21H,(H,22,23)(H,24,25)/b16-11-. The van der Waals surface area contributed by atoms with Gasteiger partial charge < -0.3 is 15.4 Å². The van der Waals surface area contributed by atoms with Crippen LogP contribution in [0.5, 0.6) is 0 Å². The molecule has 25 heavy (non-hydrogen) atoms. The predicted molar refractivity (Wildman–Crippen MR) is 96.1 cm³/mol. The van der Waals surface area contributed by atoms with Crippen LogP contribution in [0.15, 0.2) is 60.8 Å². The molecule has 0 radical (unpaired) electrons. The third kappa shape index (κ3) is 2.61. The van der Waals surface area contributed by atoms with E-state index in [1.807, 2.05) is 36.4 Å². The van der Waals surface area contributed by atoms with Gasteiger partial charge in [0.2, 0.25) is 0 Å². The number of carbonyl (C=O) groups excluding carboxylic acids is 1. The van der Waals surface area contributed by atoms with E-state index in [4.69, 9.17) is 0 Å². The molecule has 0 bridgehead atoms. The quantitative estimate of drug-likeness (QED) is 0.638. The zero-order valence-corrected chi connectivity index (χ0v) is 13.1. The van der Waals surface area contributed by atoms with Gasteiger partial charge in [-0.3, -0.25) is 4.79 Å². The van der Waals surface area contributed by atoms with Crippen LogP contribution in [0.4, 0.5) is 5.69 Å². The minimum atomic E-state index is -0.981. The van der Waals surface area contributed by atoms with E-state index in [-0.39, 0.29) is 11.5 Å². The van der Waals surface area contributed by atoms with E-state index in [1.165, 1.54) is 0 Å². The van der Waals surface area contributed by atoms with Crippen molar-refractivity contribution in [2.45, 2.75) is 0 Å². The van der Waals surface area contributed by atoms with Crippen LogP contribution in [0.2, 0.25) is 0 Å². The van der Waals surface area contributed by atoms with Crippen LogP contribution in [0.1, 0.15) is 21.6 Å². The molecule has 0 aliphatic carbocycles. The zero-order valence-electron chi connectivity index (χ0n) is 13.1. The van der Waals surface area contributed by atoms with Gasteiger partial charge >= 0.3 is 5.97 Å². The second-order valence-corrected chi connectivity index (χ2v) is 5.75. The Kier molecular flexibility index (Phi) is 3.47. The van der Waals surface area contributed by atoms with E-state index in [2.05, 4.69) is 10.3 Å². The summed E-state index contributed by atoms with van der Waals surface area (Å²) in [4.78, 5) is 26.8. The number of H-pyrrole nitrogens is 1. The molecular weight excluding hydrogens is 316 g/mol. The molecule has 0 fully saturated rings. The van der Waals surface area contributed by atoms with Crippen molar-refractivity contribution in [3.63, 3.8) is 0 Å². The number of benzene rings is 2. The fraction of sp³-hybridized carbons (Fsp3) is 0. The van der Waals surface area contributed by atoms with Gasteiger partial charge in [0.05, 0.1) is 11.1 Å². The monoisotopic (exact) mass is 330 g/mol. The number of nitrogens with one attached hydrogen (secondary N) is 2. The maximum atomic E-state index is 12.4. The van der Waals surface area contributed by atoms with Crippen molar-refractivity contribution in [1.82, 2.24) is 4.98 Å². The molecule has 0 saturated carbocycles. The fourth-order valence-electron chi connectivity index (χ4n) is 3.04. The van der Waals surface area contributed by atoms with Gasteiger partial charge in [0, 0.05) is 23.1 Å². The summed E-state index contributed by atoms with van der Waals surface area (Å²) in [6, 6.07) is 16.0. The minimum absolute atomic E-state index is 0.175. The SMILES string of the molecule is O=C1Nc2cccc(-c3cccc(C(=O)O)c3)c2/C1=C/c1ccc[nH]1. The molecule has 1 aromatic heterocycles. The molecular formula is C20H14N2O3. The number of rotatable bonds is 3. The highest BCUT2D eigenvalue weighted by Crippen LogP contribution is 2.40. The molecule has 1 amide bonds. The van der Waals surface area contributed by atoms with E-state index in [0.717, 1.165) is 28.1 Å². The summed E-state index contributed by atoms with van der Waals surface area (Å²) in [6.07, 6.45) is 3.59. The Morgan fingerprint density at radius 3 is 2.64 bits per heavy atom. The van der Waals surface area contributed by atoms with E-state index in [9.17, 15) is 14.7 Å². The molecule has 0 atom stereocenters. The predicted octanol–water partition coefficient (Wildman–Crippen LogP) is 3.87. The topological polar surface area (TPSA) is 82.2 Å². The second kappa shape index (κ2) is 5.79. The molecule has 122 valence electrons. The van der Waals surface area contributed by atoms with Crippen molar-refractivity contribution >= 4 is 29.2 Å². The lowest BCUT2D eigenvalue weighted by Gasteiger charge is -2.09. The Morgan fingerprint density at radius 2 is 1.88 bits per heavy atom. The van der Waals surface area contributed by atoms with Crippen LogP contribution in [0, 0.1) is 0 Å². The van der Waals surface area contributed by atoms with Gasteiger partial charge in [-0.1, -0.05) is 24.3 Å². The number of carbonyl (C=O) groups is 2. The number of aromatic carboxylic acids is 1. The summed E-state index contributed by atoms with van der Waals surface area (Å²) in [7, 11) is 0. The van der Waals surface area contributed by atoms with Gasteiger partial charge in [0.15, 0.2) is 0 Å². The first-order valence-corrected chi connectivity index (χ1v) is 7.77. The zero-order chi connectivity index (χ0) is 17.4. The second-order valence-electron chi connectivity index (χ2n) is 5.75. The molecule has 5 nitrogen and oxygen atoms in total. The van der Waals surface area contributed by atoms with Gasteiger partial charge in [-0.25, -0.2) is 4.79 Å². The largest absolute Gasteiger partial charge is 0.478 e. The van der Waals surface area contributed by atoms with Gasteiger partial charge in [-0.15, -0.1) is 0 Å². The van der Waals surface area contributed by atoms with Crippen molar-refractivity contribution in [3.8, 4) is 11.1 Å². The van der Waals surface area contributed by atoms with Crippen molar-refractivity contribution in [2.24, 2.45) is 0 Å². The first-order chi connectivity index (χ1) is 12.1. The summed E-state index contributed by atoms with van der Waals surface area (Å²) in [5.41, 5.74) is 4.66. The molecule has 3 aromatic rings. The molecule has 0 saturated heterocycles. The van der Waals surface area contributed by atoms with Crippen LogP contribution in [-0.4, -0.2) is 22.0 Å². The summed E-state index contributed by atoms with van der Waals surface area (Å²) < 4.78 is 0. The van der Waals surface area contributed by atoms with Crippen LogP contribution >= 0.6 is 0 Å². The van der Waals surface area contributed by atoms with E-state index < -0.39 is 5.97 Å². The summed E-state index contributed by atoms with van der Waals surface area (Å²) >= 11 is 0. The number of anilines is 1. The third-order valence-electron chi connectivity index (χ3n) is 4.17. The molecule has 5 heteroatoms. The average molecular weight is 330 g/mol. The Morgan fingerprint density at radius 1 is 1.04 bits per heavy atom. The van der Waals surface area contributed by atoms with Crippen LogP contribution in [0.3, 0.4) is 0 Å². The molecule has 2 heterocycles.